The van der Waals surface area contributed by atoms with Gasteiger partial charge in [-0.2, -0.15) is 0 Å². The first-order valence-corrected chi connectivity index (χ1v) is 6.58. The summed E-state index contributed by atoms with van der Waals surface area (Å²) >= 11 is 0. The molecule has 1 heterocycles. The van der Waals surface area contributed by atoms with Crippen molar-refractivity contribution in [3.63, 3.8) is 0 Å². The Morgan fingerprint density at radius 3 is 2.29 bits per heavy atom. The van der Waals surface area contributed by atoms with Gasteiger partial charge in [0.15, 0.2) is 0 Å². The van der Waals surface area contributed by atoms with E-state index in [-0.39, 0.29) is 5.69 Å². The maximum absolute atomic E-state index is 13.6. The van der Waals surface area contributed by atoms with Crippen molar-refractivity contribution in [3.05, 3.63) is 29.3 Å². The second-order valence-corrected chi connectivity index (χ2v) is 5.41. The molecular weight excluding hydrogens is 282 g/mol. The van der Waals surface area contributed by atoms with E-state index in [9.17, 15) is 18.4 Å². The van der Waals surface area contributed by atoms with Crippen LogP contribution in [0.25, 0.3) is 0 Å². The summed E-state index contributed by atoms with van der Waals surface area (Å²) in [7, 11) is 0. The van der Waals surface area contributed by atoms with Crippen LogP contribution < -0.4 is 5.32 Å². The number of nitrogens with one attached hydrogen (secondary N) is 1. The standard InChI is InChI=1S/C14H16F2N2O3/c1-7-5-18(6-8(7)2)14(21)17-12-3-9(13(19)20)10(15)4-11(12)16/h3-4,7-8H,5-6H2,1-2H3,(H,17,21)(H,19,20). The van der Waals surface area contributed by atoms with E-state index in [1.807, 2.05) is 13.8 Å². The lowest BCUT2D eigenvalue weighted by Crippen LogP contribution is -2.33. The molecule has 1 aromatic carbocycles. The summed E-state index contributed by atoms with van der Waals surface area (Å²) < 4.78 is 26.9. The number of benzene rings is 1. The minimum atomic E-state index is -1.52. The van der Waals surface area contributed by atoms with Gasteiger partial charge in [-0.05, 0) is 17.9 Å². The van der Waals surface area contributed by atoms with Gasteiger partial charge >= 0.3 is 12.0 Å². The van der Waals surface area contributed by atoms with E-state index in [0.717, 1.165) is 6.07 Å². The van der Waals surface area contributed by atoms with Crippen molar-refractivity contribution in [2.24, 2.45) is 11.8 Å². The molecule has 1 fully saturated rings. The number of carbonyl (C=O) groups excluding carboxylic acids is 1. The highest BCUT2D eigenvalue weighted by Gasteiger charge is 2.30. The molecule has 2 atom stereocenters. The molecule has 1 aliphatic heterocycles. The molecule has 5 nitrogen and oxygen atoms in total. The topological polar surface area (TPSA) is 69.6 Å². The second-order valence-electron chi connectivity index (χ2n) is 5.41. The highest BCUT2D eigenvalue weighted by atomic mass is 19.1. The van der Waals surface area contributed by atoms with E-state index < -0.39 is 29.2 Å². The van der Waals surface area contributed by atoms with Crippen molar-refractivity contribution in [2.75, 3.05) is 18.4 Å². The van der Waals surface area contributed by atoms with Crippen LogP contribution in [0.2, 0.25) is 0 Å². The lowest BCUT2D eigenvalue weighted by Gasteiger charge is -2.17. The zero-order chi connectivity index (χ0) is 15.7. The third-order valence-electron chi connectivity index (χ3n) is 3.80. The van der Waals surface area contributed by atoms with Crippen molar-refractivity contribution >= 4 is 17.7 Å². The Bertz CT molecular complexity index is 582. The molecule has 2 amide bonds. The van der Waals surface area contributed by atoms with Crippen molar-refractivity contribution in [1.82, 2.24) is 4.90 Å². The molecule has 2 N–H and O–H groups in total. The fourth-order valence-corrected chi connectivity index (χ4v) is 2.30. The molecule has 0 aromatic heterocycles. The molecule has 0 bridgehead atoms. The summed E-state index contributed by atoms with van der Waals surface area (Å²) in [6.07, 6.45) is 0. The number of aromatic carboxylic acids is 1. The summed E-state index contributed by atoms with van der Waals surface area (Å²) in [4.78, 5) is 24.4. The fraction of sp³-hybridized carbons (Fsp3) is 0.429. The predicted octanol–water partition coefficient (Wildman–Crippen LogP) is 2.78. The van der Waals surface area contributed by atoms with Gasteiger partial charge in [0, 0.05) is 19.2 Å². The number of hydrogen-bond acceptors (Lipinski definition) is 2. The van der Waals surface area contributed by atoms with Gasteiger partial charge in [-0.3, -0.25) is 0 Å². The SMILES string of the molecule is CC1CN(C(=O)Nc2cc(C(=O)O)c(F)cc2F)CC1C. The minimum Gasteiger partial charge on any atom is -0.478 e. The smallest absolute Gasteiger partial charge is 0.338 e. The molecule has 2 rings (SSSR count). The largest absolute Gasteiger partial charge is 0.478 e. The Morgan fingerprint density at radius 2 is 1.76 bits per heavy atom. The highest BCUT2D eigenvalue weighted by Crippen LogP contribution is 2.24. The Hall–Kier alpha value is -2.18. The Morgan fingerprint density at radius 1 is 1.19 bits per heavy atom. The van der Waals surface area contributed by atoms with Crippen LogP contribution in [0.15, 0.2) is 12.1 Å². The molecule has 1 aliphatic rings. The quantitative estimate of drug-likeness (QED) is 0.882. The van der Waals surface area contributed by atoms with E-state index in [4.69, 9.17) is 5.11 Å². The first kappa shape index (κ1) is 15.2. The first-order valence-electron chi connectivity index (χ1n) is 6.58. The third kappa shape index (κ3) is 3.12. The van der Waals surface area contributed by atoms with E-state index in [2.05, 4.69) is 5.32 Å². The molecule has 0 spiro atoms. The summed E-state index contributed by atoms with van der Waals surface area (Å²) in [5.74, 6) is -3.04. The zero-order valence-electron chi connectivity index (χ0n) is 11.7. The number of hydrogen-bond donors (Lipinski definition) is 2. The molecular formula is C14H16F2N2O3. The number of anilines is 1. The summed E-state index contributed by atoms with van der Waals surface area (Å²) in [5, 5.41) is 11.1. The molecule has 0 aliphatic carbocycles. The van der Waals surface area contributed by atoms with Gasteiger partial charge in [0.05, 0.1) is 11.3 Å². The molecule has 21 heavy (non-hydrogen) atoms. The fourth-order valence-electron chi connectivity index (χ4n) is 2.30. The van der Waals surface area contributed by atoms with Crippen molar-refractivity contribution < 1.29 is 23.5 Å². The first-order chi connectivity index (χ1) is 9.79. The molecule has 1 saturated heterocycles. The summed E-state index contributed by atoms with van der Waals surface area (Å²) in [5.41, 5.74) is -1.03. The summed E-state index contributed by atoms with van der Waals surface area (Å²) in [6.45, 7) is 5.11. The number of carbonyl (C=O) groups is 2. The number of halogens is 2. The second kappa shape index (κ2) is 5.67. The number of carboxylic acid groups (broad SMARTS) is 1. The monoisotopic (exact) mass is 298 g/mol. The van der Waals surface area contributed by atoms with Gasteiger partial charge < -0.3 is 15.3 Å². The van der Waals surface area contributed by atoms with E-state index in [1.54, 1.807) is 0 Å². The van der Waals surface area contributed by atoms with E-state index in [1.165, 1.54) is 4.90 Å². The molecule has 114 valence electrons. The van der Waals surface area contributed by atoms with Crippen LogP contribution in [-0.4, -0.2) is 35.1 Å². The molecule has 2 unspecified atom stereocenters. The summed E-state index contributed by atoms with van der Waals surface area (Å²) in [6, 6.07) is 0.718. The highest BCUT2D eigenvalue weighted by molar-refractivity contribution is 5.93. The molecule has 0 saturated carbocycles. The van der Waals surface area contributed by atoms with Crippen LogP contribution in [0.3, 0.4) is 0 Å². The van der Waals surface area contributed by atoms with Gasteiger partial charge in [-0.1, -0.05) is 13.8 Å². The number of amides is 2. The van der Waals surface area contributed by atoms with Crippen LogP contribution in [0.1, 0.15) is 24.2 Å². The predicted molar refractivity (Wildman–Crippen MR) is 72.2 cm³/mol. The number of likely N-dealkylation sites (tertiary alicyclic amines) is 1. The Balaban J connectivity index is 2.18. The van der Waals surface area contributed by atoms with Crippen molar-refractivity contribution in [3.8, 4) is 0 Å². The van der Waals surface area contributed by atoms with Crippen LogP contribution in [-0.2, 0) is 0 Å². The molecule has 0 radical (unpaired) electrons. The number of rotatable bonds is 2. The van der Waals surface area contributed by atoms with Crippen LogP contribution in [0, 0.1) is 23.5 Å². The molecule has 1 aromatic rings. The lowest BCUT2D eigenvalue weighted by atomic mass is 10.0. The van der Waals surface area contributed by atoms with Gasteiger partial charge in [-0.25, -0.2) is 18.4 Å². The average Bonchev–Trinajstić information content (AvgIpc) is 2.72. The zero-order valence-corrected chi connectivity index (χ0v) is 11.7. The van der Waals surface area contributed by atoms with Crippen molar-refractivity contribution in [2.45, 2.75) is 13.8 Å². The molecule has 7 heteroatoms. The van der Waals surface area contributed by atoms with E-state index >= 15 is 0 Å². The Labute approximate surface area is 120 Å². The number of carboxylic acids is 1. The minimum absolute atomic E-state index is 0.336. The van der Waals surface area contributed by atoms with Crippen LogP contribution in [0.4, 0.5) is 19.3 Å². The normalized spacial score (nSPS) is 21.4. The average molecular weight is 298 g/mol. The van der Waals surface area contributed by atoms with E-state index in [0.29, 0.717) is 31.0 Å². The van der Waals surface area contributed by atoms with Gasteiger partial charge in [0.25, 0.3) is 0 Å². The van der Waals surface area contributed by atoms with Gasteiger partial charge in [0.1, 0.15) is 11.6 Å². The van der Waals surface area contributed by atoms with Gasteiger partial charge in [0.2, 0.25) is 0 Å². The third-order valence-corrected chi connectivity index (χ3v) is 3.80. The Kier molecular flexibility index (Phi) is 4.11. The lowest BCUT2D eigenvalue weighted by molar-refractivity contribution is 0.0691. The number of urea groups is 1. The number of nitrogens with zero attached hydrogens (tertiary/aromatic N) is 1. The van der Waals surface area contributed by atoms with Crippen molar-refractivity contribution in [1.29, 1.82) is 0 Å². The van der Waals surface area contributed by atoms with Crippen LogP contribution >= 0.6 is 0 Å². The van der Waals surface area contributed by atoms with Crippen LogP contribution in [0.5, 0.6) is 0 Å². The van der Waals surface area contributed by atoms with Gasteiger partial charge in [-0.15, -0.1) is 0 Å². The maximum atomic E-state index is 13.6. The maximum Gasteiger partial charge on any atom is 0.338 e.